The van der Waals surface area contributed by atoms with E-state index in [1.807, 2.05) is 12.1 Å². The van der Waals surface area contributed by atoms with Crippen molar-refractivity contribution in [3.8, 4) is 0 Å². The van der Waals surface area contributed by atoms with E-state index in [1.165, 1.54) is 0 Å². The maximum atomic E-state index is 12.2. The van der Waals surface area contributed by atoms with E-state index in [1.54, 1.807) is 32.2 Å². The SMILES string of the molecule is CCOC(=O)c1c(NC(=O)c2ccc(I)cc2)c[nH]c1C. The molecule has 1 amide bonds. The number of esters is 1. The molecule has 2 N–H and O–H groups in total. The summed E-state index contributed by atoms with van der Waals surface area (Å²) in [5.41, 5.74) is 1.97. The lowest BCUT2D eigenvalue weighted by Crippen LogP contribution is -2.15. The van der Waals surface area contributed by atoms with E-state index in [0.29, 0.717) is 22.5 Å². The molecule has 2 rings (SSSR count). The van der Waals surface area contributed by atoms with Crippen LogP contribution >= 0.6 is 22.6 Å². The molecular formula is C15H15IN2O3. The molecular weight excluding hydrogens is 383 g/mol. The lowest BCUT2D eigenvalue weighted by Gasteiger charge is -2.07. The van der Waals surface area contributed by atoms with Crippen molar-refractivity contribution in [1.29, 1.82) is 0 Å². The Morgan fingerprint density at radius 3 is 2.57 bits per heavy atom. The highest BCUT2D eigenvalue weighted by Gasteiger charge is 2.19. The summed E-state index contributed by atoms with van der Waals surface area (Å²) in [6.45, 7) is 3.78. The van der Waals surface area contributed by atoms with E-state index in [2.05, 4.69) is 32.9 Å². The van der Waals surface area contributed by atoms with E-state index in [4.69, 9.17) is 4.74 Å². The summed E-state index contributed by atoms with van der Waals surface area (Å²) in [6.07, 6.45) is 1.59. The van der Waals surface area contributed by atoms with Gasteiger partial charge < -0.3 is 15.0 Å². The fourth-order valence-corrected chi connectivity index (χ4v) is 2.25. The first kappa shape index (κ1) is 15.6. The van der Waals surface area contributed by atoms with Crippen LogP contribution in [0.4, 0.5) is 5.69 Å². The highest BCUT2D eigenvalue weighted by Crippen LogP contribution is 2.21. The van der Waals surface area contributed by atoms with E-state index in [9.17, 15) is 9.59 Å². The lowest BCUT2D eigenvalue weighted by molar-refractivity contribution is 0.0527. The van der Waals surface area contributed by atoms with Gasteiger partial charge in [0.15, 0.2) is 0 Å². The largest absolute Gasteiger partial charge is 0.462 e. The summed E-state index contributed by atoms with van der Waals surface area (Å²) in [5.74, 6) is -0.717. The first-order chi connectivity index (χ1) is 10.0. The highest BCUT2D eigenvalue weighted by molar-refractivity contribution is 14.1. The van der Waals surface area contributed by atoms with Crippen LogP contribution in [-0.4, -0.2) is 23.5 Å². The number of ether oxygens (including phenoxy) is 1. The fraction of sp³-hybridized carbons (Fsp3) is 0.200. The van der Waals surface area contributed by atoms with Crippen LogP contribution in [0.5, 0.6) is 0 Å². The van der Waals surface area contributed by atoms with Crippen molar-refractivity contribution < 1.29 is 14.3 Å². The van der Waals surface area contributed by atoms with Crippen LogP contribution in [-0.2, 0) is 4.74 Å². The van der Waals surface area contributed by atoms with E-state index in [0.717, 1.165) is 3.57 Å². The van der Waals surface area contributed by atoms with Crippen molar-refractivity contribution in [2.45, 2.75) is 13.8 Å². The molecule has 1 aromatic carbocycles. The van der Waals surface area contributed by atoms with Crippen molar-refractivity contribution in [3.63, 3.8) is 0 Å². The number of aryl methyl sites for hydroxylation is 1. The van der Waals surface area contributed by atoms with Gasteiger partial charge >= 0.3 is 5.97 Å². The van der Waals surface area contributed by atoms with Crippen LogP contribution in [0.25, 0.3) is 0 Å². The van der Waals surface area contributed by atoms with Crippen LogP contribution in [0.1, 0.15) is 33.3 Å². The van der Waals surface area contributed by atoms with Gasteiger partial charge in [-0.25, -0.2) is 4.79 Å². The normalized spacial score (nSPS) is 10.2. The predicted octanol–water partition coefficient (Wildman–Crippen LogP) is 3.36. The molecule has 0 radical (unpaired) electrons. The van der Waals surface area contributed by atoms with Gasteiger partial charge in [0.2, 0.25) is 0 Å². The average molecular weight is 398 g/mol. The number of anilines is 1. The topological polar surface area (TPSA) is 71.2 Å². The number of aromatic amines is 1. The molecule has 6 heteroatoms. The maximum Gasteiger partial charge on any atom is 0.342 e. The summed E-state index contributed by atoms with van der Waals surface area (Å²) in [5, 5.41) is 2.73. The van der Waals surface area contributed by atoms with Gasteiger partial charge in [0.25, 0.3) is 5.91 Å². The first-order valence-electron chi connectivity index (χ1n) is 6.45. The van der Waals surface area contributed by atoms with Gasteiger partial charge in [0.1, 0.15) is 5.56 Å². The van der Waals surface area contributed by atoms with Gasteiger partial charge in [-0.3, -0.25) is 4.79 Å². The molecule has 0 bridgehead atoms. The van der Waals surface area contributed by atoms with Crippen molar-refractivity contribution in [1.82, 2.24) is 4.98 Å². The first-order valence-corrected chi connectivity index (χ1v) is 7.52. The third-order valence-electron chi connectivity index (χ3n) is 2.91. The Bertz CT molecular complexity index is 662. The van der Waals surface area contributed by atoms with E-state index < -0.39 is 5.97 Å². The maximum absolute atomic E-state index is 12.2. The number of nitrogens with one attached hydrogen (secondary N) is 2. The Morgan fingerprint density at radius 2 is 1.95 bits per heavy atom. The predicted molar refractivity (Wildman–Crippen MR) is 88.6 cm³/mol. The number of hydrogen-bond acceptors (Lipinski definition) is 3. The summed E-state index contributed by atoms with van der Waals surface area (Å²) in [7, 11) is 0. The second-order valence-corrected chi connectivity index (χ2v) is 5.63. The second kappa shape index (κ2) is 6.75. The third-order valence-corrected chi connectivity index (χ3v) is 3.63. The summed E-state index contributed by atoms with van der Waals surface area (Å²) in [6, 6.07) is 7.18. The molecule has 0 aliphatic heterocycles. The quantitative estimate of drug-likeness (QED) is 0.613. The van der Waals surface area contributed by atoms with E-state index in [-0.39, 0.29) is 12.5 Å². The van der Waals surface area contributed by atoms with Gasteiger partial charge in [0.05, 0.1) is 12.3 Å². The molecule has 21 heavy (non-hydrogen) atoms. The Balaban J connectivity index is 2.22. The van der Waals surface area contributed by atoms with Crippen LogP contribution in [0.3, 0.4) is 0 Å². The molecule has 0 spiro atoms. The smallest absolute Gasteiger partial charge is 0.342 e. The summed E-state index contributed by atoms with van der Waals surface area (Å²) in [4.78, 5) is 27.0. The standard InChI is InChI=1S/C15H15IN2O3/c1-3-21-15(20)13-9(2)17-8-12(13)18-14(19)10-4-6-11(16)7-5-10/h4-8,17H,3H2,1-2H3,(H,18,19). The molecule has 0 aliphatic carbocycles. The second-order valence-electron chi connectivity index (χ2n) is 4.38. The third kappa shape index (κ3) is 3.63. The molecule has 0 atom stereocenters. The van der Waals surface area contributed by atoms with Crippen molar-refractivity contribution >= 4 is 40.2 Å². The minimum absolute atomic E-state index is 0.268. The number of benzene rings is 1. The van der Waals surface area contributed by atoms with Gasteiger partial charge in [-0.2, -0.15) is 0 Å². The van der Waals surface area contributed by atoms with Gasteiger partial charge in [-0.05, 0) is 60.7 Å². The minimum atomic E-state index is -0.450. The number of hydrogen-bond donors (Lipinski definition) is 2. The lowest BCUT2D eigenvalue weighted by atomic mass is 10.2. The molecule has 5 nitrogen and oxygen atoms in total. The number of H-pyrrole nitrogens is 1. The van der Waals surface area contributed by atoms with Crippen molar-refractivity contribution in [3.05, 3.63) is 50.9 Å². The molecule has 1 aromatic heterocycles. The highest BCUT2D eigenvalue weighted by atomic mass is 127. The Hall–Kier alpha value is -1.83. The molecule has 0 unspecified atom stereocenters. The van der Waals surface area contributed by atoms with Gasteiger partial charge in [-0.1, -0.05) is 0 Å². The number of halogens is 1. The number of carbonyl (C=O) groups excluding carboxylic acids is 2. The van der Waals surface area contributed by atoms with Crippen LogP contribution in [0.15, 0.2) is 30.5 Å². The Kier molecular flexibility index (Phi) is 5.00. The molecule has 0 saturated carbocycles. The Labute approximate surface area is 136 Å². The zero-order valence-corrected chi connectivity index (χ0v) is 13.9. The molecule has 2 aromatic rings. The van der Waals surface area contributed by atoms with Gasteiger partial charge in [0, 0.05) is 21.0 Å². The molecule has 110 valence electrons. The monoisotopic (exact) mass is 398 g/mol. The zero-order valence-electron chi connectivity index (χ0n) is 11.7. The van der Waals surface area contributed by atoms with Crippen molar-refractivity contribution in [2.24, 2.45) is 0 Å². The molecule has 0 fully saturated rings. The molecule has 0 aliphatic rings. The summed E-state index contributed by atoms with van der Waals surface area (Å²) < 4.78 is 6.05. The molecule has 0 saturated heterocycles. The van der Waals surface area contributed by atoms with Crippen LogP contribution in [0.2, 0.25) is 0 Å². The van der Waals surface area contributed by atoms with Gasteiger partial charge in [-0.15, -0.1) is 0 Å². The Morgan fingerprint density at radius 1 is 1.29 bits per heavy atom. The number of carbonyl (C=O) groups is 2. The molecule has 1 heterocycles. The zero-order chi connectivity index (χ0) is 15.4. The van der Waals surface area contributed by atoms with Crippen LogP contribution < -0.4 is 5.32 Å². The number of aromatic nitrogens is 1. The fourth-order valence-electron chi connectivity index (χ4n) is 1.89. The summed E-state index contributed by atoms with van der Waals surface area (Å²) >= 11 is 2.17. The minimum Gasteiger partial charge on any atom is -0.462 e. The number of amides is 1. The number of rotatable bonds is 4. The average Bonchev–Trinajstić information content (AvgIpc) is 2.80. The van der Waals surface area contributed by atoms with Crippen molar-refractivity contribution in [2.75, 3.05) is 11.9 Å². The van der Waals surface area contributed by atoms with E-state index >= 15 is 0 Å². The van der Waals surface area contributed by atoms with Crippen LogP contribution in [0, 0.1) is 10.5 Å².